The molecular weight excluding hydrogens is 264 g/mol. The van der Waals surface area contributed by atoms with Crippen LogP contribution in [0.25, 0.3) is 0 Å². The highest BCUT2D eigenvalue weighted by atomic mass is 16.6. The summed E-state index contributed by atoms with van der Waals surface area (Å²) in [5.41, 5.74) is -0.640. The Kier molecular flexibility index (Phi) is 7.64. The fourth-order valence-corrected chi connectivity index (χ4v) is 1.31. The van der Waals surface area contributed by atoms with Crippen LogP contribution in [0.5, 0.6) is 0 Å². The third-order valence-electron chi connectivity index (χ3n) is 2.20. The SMILES string of the molecule is CCCCN(CC(=O)NCC(=O)O)C(=O)OC(C)(C)C. The number of nitrogens with one attached hydrogen (secondary N) is 1. The second kappa shape index (κ2) is 8.39. The molecule has 0 heterocycles. The molecule has 0 aromatic carbocycles. The van der Waals surface area contributed by atoms with Crippen LogP contribution >= 0.6 is 0 Å². The number of carboxylic acids is 1. The molecule has 20 heavy (non-hydrogen) atoms. The zero-order valence-corrected chi connectivity index (χ0v) is 12.6. The van der Waals surface area contributed by atoms with Crippen molar-refractivity contribution in [2.75, 3.05) is 19.6 Å². The number of amides is 2. The van der Waals surface area contributed by atoms with Crippen molar-refractivity contribution in [1.29, 1.82) is 0 Å². The van der Waals surface area contributed by atoms with Crippen LogP contribution in [0.1, 0.15) is 40.5 Å². The second-order valence-electron chi connectivity index (χ2n) is 5.43. The molecule has 0 unspecified atom stereocenters. The van der Waals surface area contributed by atoms with Gasteiger partial charge in [0, 0.05) is 6.54 Å². The van der Waals surface area contributed by atoms with Crippen LogP contribution in [0.2, 0.25) is 0 Å². The summed E-state index contributed by atoms with van der Waals surface area (Å²) < 4.78 is 5.21. The average molecular weight is 288 g/mol. The third kappa shape index (κ3) is 9.18. The minimum Gasteiger partial charge on any atom is -0.480 e. The van der Waals surface area contributed by atoms with E-state index in [4.69, 9.17) is 9.84 Å². The molecule has 0 aliphatic rings. The smallest absolute Gasteiger partial charge is 0.410 e. The summed E-state index contributed by atoms with van der Waals surface area (Å²) in [5.74, 6) is -1.65. The number of hydrogen-bond acceptors (Lipinski definition) is 4. The lowest BCUT2D eigenvalue weighted by Crippen LogP contribution is -2.44. The first kappa shape index (κ1) is 18.2. The molecule has 0 rings (SSSR count). The van der Waals surface area contributed by atoms with Gasteiger partial charge in [0.1, 0.15) is 18.7 Å². The summed E-state index contributed by atoms with van der Waals surface area (Å²) in [6.45, 7) is 6.93. The molecule has 0 fully saturated rings. The van der Waals surface area contributed by atoms with Gasteiger partial charge in [-0.3, -0.25) is 14.5 Å². The van der Waals surface area contributed by atoms with Gasteiger partial charge in [0.2, 0.25) is 5.91 Å². The van der Waals surface area contributed by atoms with Gasteiger partial charge in [0.15, 0.2) is 0 Å². The van der Waals surface area contributed by atoms with Gasteiger partial charge in [-0.1, -0.05) is 13.3 Å². The van der Waals surface area contributed by atoms with E-state index < -0.39 is 30.1 Å². The number of carbonyl (C=O) groups is 3. The predicted molar refractivity (Wildman–Crippen MR) is 73.4 cm³/mol. The van der Waals surface area contributed by atoms with Crippen LogP contribution < -0.4 is 5.32 Å². The van der Waals surface area contributed by atoms with E-state index in [0.717, 1.165) is 12.8 Å². The molecule has 0 bridgehead atoms. The maximum Gasteiger partial charge on any atom is 0.410 e. The number of hydrogen-bond donors (Lipinski definition) is 2. The van der Waals surface area contributed by atoms with Gasteiger partial charge in [0.25, 0.3) is 0 Å². The van der Waals surface area contributed by atoms with Crippen LogP contribution in [-0.2, 0) is 14.3 Å². The maximum absolute atomic E-state index is 11.9. The molecule has 2 amide bonds. The number of rotatable bonds is 7. The topological polar surface area (TPSA) is 95.9 Å². The number of ether oxygens (including phenoxy) is 1. The van der Waals surface area contributed by atoms with Gasteiger partial charge in [-0.25, -0.2) is 4.79 Å². The Morgan fingerprint density at radius 2 is 1.85 bits per heavy atom. The third-order valence-corrected chi connectivity index (χ3v) is 2.20. The lowest BCUT2D eigenvalue weighted by molar-refractivity contribution is -0.138. The highest BCUT2D eigenvalue weighted by Gasteiger charge is 2.23. The highest BCUT2D eigenvalue weighted by Crippen LogP contribution is 2.10. The molecule has 0 radical (unpaired) electrons. The second-order valence-corrected chi connectivity index (χ2v) is 5.43. The Hall–Kier alpha value is -1.79. The van der Waals surface area contributed by atoms with Gasteiger partial charge in [-0.15, -0.1) is 0 Å². The molecule has 0 aliphatic heterocycles. The Balaban J connectivity index is 4.51. The number of carbonyl (C=O) groups excluding carboxylic acids is 2. The molecule has 0 saturated heterocycles. The Morgan fingerprint density at radius 1 is 1.25 bits per heavy atom. The van der Waals surface area contributed by atoms with E-state index in [1.54, 1.807) is 20.8 Å². The molecule has 0 aromatic heterocycles. The van der Waals surface area contributed by atoms with Crippen molar-refractivity contribution < 1.29 is 24.2 Å². The van der Waals surface area contributed by atoms with Crippen LogP contribution in [0, 0.1) is 0 Å². The molecule has 7 nitrogen and oxygen atoms in total. The van der Waals surface area contributed by atoms with Crippen molar-refractivity contribution >= 4 is 18.0 Å². The summed E-state index contributed by atoms with van der Waals surface area (Å²) in [4.78, 5) is 35.2. The molecule has 0 aromatic rings. The van der Waals surface area contributed by atoms with Crippen LogP contribution in [-0.4, -0.2) is 53.2 Å². The zero-order chi connectivity index (χ0) is 15.8. The summed E-state index contributed by atoms with van der Waals surface area (Å²) in [6, 6.07) is 0. The highest BCUT2D eigenvalue weighted by molar-refractivity contribution is 5.85. The first-order valence-corrected chi connectivity index (χ1v) is 6.62. The van der Waals surface area contributed by atoms with Crippen LogP contribution in [0.3, 0.4) is 0 Å². The molecule has 7 heteroatoms. The monoisotopic (exact) mass is 288 g/mol. The zero-order valence-electron chi connectivity index (χ0n) is 12.6. The van der Waals surface area contributed by atoms with Crippen molar-refractivity contribution in [1.82, 2.24) is 10.2 Å². The van der Waals surface area contributed by atoms with Gasteiger partial charge in [0.05, 0.1) is 0 Å². The van der Waals surface area contributed by atoms with E-state index in [-0.39, 0.29) is 6.54 Å². The number of nitrogens with zero attached hydrogens (tertiary/aromatic N) is 1. The Labute approximate surface area is 119 Å². The molecule has 0 saturated carbocycles. The van der Waals surface area contributed by atoms with Gasteiger partial charge >= 0.3 is 12.1 Å². The van der Waals surface area contributed by atoms with E-state index in [0.29, 0.717) is 6.54 Å². The minimum absolute atomic E-state index is 0.206. The molecule has 2 N–H and O–H groups in total. The van der Waals surface area contributed by atoms with Gasteiger partial charge < -0.3 is 15.2 Å². The number of unbranched alkanes of at least 4 members (excludes halogenated alkanes) is 1. The molecule has 0 atom stereocenters. The number of carboxylic acid groups (broad SMARTS) is 1. The van der Waals surface area contributed by atoms with E-state index in [1.807, 2.05) is 6.92 Å². The fraction of sp³-hybridized carbons (Fsp3) is 0.769. The van der Waals surface area contributed by atoms with Gasteiger partial charge in [-0.2, -0.15) is 0 Å². The fourth-order valence-electron chi connectivity index (χ4n) is 1.31. The van der Waals surface area contributed by atoms with Gasteiger partial charge in [-0.05, 0) is 27.2 Å². The number of aliphatic carboxylic acids is 1. The largest absolute Gasteiger partial charge is 0.480 e. The summed E-state index contributed by atoms with van der Waals surface area (Å²) in [6.07, 6.45) is 1.04. The van der Waals surface area contributed by atoms with E-state index in [9.17, 15) is 14.4 Å². The maximum atomic E-state index is 11.9. The lowest BCUT2D eigenvalue weighted by Gasteiger charge is -2.27. The van der Waals surface area contributed by atoms with Crippen LogP contribution in [0.4, 0.5) is 4.79 Å². The van der Waals surface area contributed by atoms with Crippen molar-refractivity contribution in [2.45, 2.75) is 46.1 Å². The lowest BCUT2D eigenvalue weighted by atomic mass is 10.2. The Morgan fingerprint density at radius 3 is 2.30 bits per heavy atom. The Bertz CT molecular complexity index is 349. The predicted octanol–water partition coefficient (Wildman–Crippen LogP) is 1.22. The molecule has 116 valence electrons. The van der Waals surface area contributed by atoms with Crippen LogP contribution in [0.15, 0.2) is 0 Å². The van der Waals surface area contributed by atoms with E-state index >= 15 is 0 Å². The first-order valence-electron chi connectivity index (χ1n) is 6.62. The first-order chi connectivity index (χ1) is 9.15. The standard InChI is InChI=1S/C13H24N2O5/c1-5-6-7-15(12(19)20-13(2,3)4)9-10(16)14-8-11(17)18/h5-9H2,1-4H3,(H,14,16)(H,17,18). The normalized spacial score (nSPS) is 10.8. The molecular formula is C13H24N2O5. The van der Waals surface area contributed by atoms with Crippen molar-refractivity contribution in [2.24, 2.45) is 0 Å². The van der Waals surface area contributed by atoms with Crippen molar-refractivity contribution in [3.05, 3.63) is 0 Å². The van der Waals surface area contributed by atoms with E-state index in [2.05, 4.69) is 5.32 Å². The average Bonchev–Trinajstić information content (AvgIpc) is 2.29. The van der Waals surface area contributed by atoms with E-state index in [1.165, 1.54) is 4.90 Å². The summed E-state index contributed by atoms with van der Waals surface area (Å²) in [7, 11) is 0. The minimum atomic E-state index is -1.13. The molecule has 0 aliphatic carbocycles. The molecule has 0 spiro atoms. The van der Waals surface area contributed by atoms with Crippen molar-refractivity contribution in [3.8, 4) is 0 Å². The quantitative estimate of drug-likeness (QED) is 0.734. The summed E-state index contributed by atoms with van der Waals surface area (Å²) in [5, 5.41) is 10.7. The summed E-state index contributed by atoms with van der Waals surface area (Å²) >= 11 is 0. The van der Waals surface area contributed by atoms with Crippen molar-refractivity contribution in [3.63, 3.8) is 0 Å².